The third-order valence-electron chi connectivity index (χ3n) is 4.22. The first-order chi connectivity index (χ1) is 11.2. The third kappa shape index (κ3) is 2.52. The zero-order chi connectivity index (χ0) is 15.8. The number of hydrogen-bond acceptors (Lipinski definition) is 6. The number of pyridine rings is 1. The van der Waals surface area contributed by atoms with Crippen molar-refractivity contribution in [1.82, 2.24) is 29.7 Å². The number of rotatable bonds is 4. The van der Waals surface area contributed by atoms with Crippen molar-refractivity contribution < 1.29 is 0 Å². The second-order valence-electron chi connectivity index (χ2n) is 6.19. The highest BCUT2D eigenvalue weighted by Gasteiger charge is 2.26. The lowest BCUT2D eigenvalue weighted by atomic mass is 10.0. The molecule has 0 amide bonds. The van der Waals surface area contributed by atoms with Crippen molar-refractivity contribution in [2.75, 3.05) is 5.32 Å². The van der Waals surface area contributed by atoms with Gasteiger partial charge in [0.25, 0.3) is 0 Å². The minimum absolute atomic E-state index is 0.0657. The van der Waals surface area contributed by atoms with Crippen molar-refractivity contribution >= 4 is 17.0 Å². The van der Waals surface area contributed by atoms with E-state index in [0.29, 0.717) is 11.6 Å². The van der Waals surface area contributed by atoms with Gasteiger partial charge in [-0.3, -0.25) is 4.98 Å². The molecule has 1 N–H and O–H groups in total. The van der Waals surface area contributed by atoms with Gasteiger partial charge in [-0.05, 0) is 24.5 Å². The molecule has 1 aliphatic rings. The summed E-state index contributed by atoms with van der Waals surface area (Å²) in [4.78, 5) is 13.1. The van der Waals surface area contributed by atoms with Gasteiger partial charge in [-0.2, -0.15) is 0 Å². The van der Waals surface area contributed by atoms with Gasteiger partial charge in [0.05, 0.1) is 6.04 Å². The van der Waals surface area contributed by atoms with Crippen LogP contribution < -0.4 is 5.32 Å². The molecule has 0 aromatic carbocycles. The van der Waals surface area contributed by atoms with E-state index in [1.54, 1.807) is 12.4 Å². The van der Waals surface area contributed by atoms with E-state index >= 15 is 0 Å². The van der Waals surface area contributed by atoms with Crippen LogP contribution in [0, 0.1) is 5.92 Å². The van der Waals surface area contributed by atoms with E-state index in [0.717, 1.165) is 42.4 Å². The smallest absolute Gasteiger partial charge is 0.180 e. The van der Waals surface area contributed by atoms with Crippen molar-refractivity contribution in [1.29, 1.82) is 0 Å². The zero-order valence-electron chi connectivity index (χ0n) is 13.3. The van der Waals surface area contributed by atoms with Gasteiger partial charge in [-0.1, -0.05) is 13.8 Å². The van der Waals surface area contributed by atoms with Crippen LogP contribution >= 0.6 is 0 Å². The minimum atomic E-state index is 0.0657. The van der Waals surface area contributed by atoms with Gasteiger partial charge in [0, 0.05) is 25.4 Å². The second-order valence-corrected chi connectivity index (χ2v) is 6.19. The SMILES string of the molecule is CC(C)[C@@H](Nc1ccc2nccnc2n1)c1nnc2n1CCC2. The van der Waals surface area contributed by atoms with E-state index in [9.17, 15) is 0 Å². The normalized spacial score (nSPS) is 15.1. The maximum absolute atomic E-state index is 4.56. The van der Waals surface area contributed by atoms with Crippen LogP contribution in [0.25, 0.3) is 11.2 Å². The van der Waals surface area contributed by atoms with E-state index in [2.05, 4.69) is 48.9 Å². The minimum Gasteiger partial charge on any atom is -0.360 e. The highest BCUT2D eigenvalue weighted by atomic mass is 15.3. The highest BCUT2D eigenvalue weighted by Crippen LogP contribution is 2.28. The maximum Gasteiger partial charge on any atom is 0.180 e. The van der Waals surface area contributed by atoms with Crippen LogP contribution in [0.4, 0.5) is 5.82 Å². The second kappa shape index (κ2) is 5.57. The fraction of sp³-hybridized carbons (Fsp3) is 0.438. The Hall–Kier alpha value is -2.57. The standard InChI is InChI=1S/C16H19N7/c1-10(2)14(16-22-21-13-4-3-9-23(13)16)19-12-6-5-11-15(20-12)18-8-7-17-11/h5-8,10,14H,3-4,9H2,1-2H3,(H,18,19,20)/t14-/m1/s1. The molecule has 0 aliphatic carbocycles. The van der Waals surface area contributed by atoms with E-state index < -0.39 is 0 Å². The lowest BCUT2D eigenvalue weighted by molar-refractivity contribution is 0.495. The number of nitrogens with one attached hydrogen (secondary N) is 1. The Balaban J connectivity index is 1.67. The summed E-state index contributed by atoms with van der Waals surface area (Å²) in [7, 11) is 0. The Morgan fingerprint density at radius 1 is 1.13 bits per heavy atom. The van der Waals surface area contributed by atoms with Crippen LogP contribution in [0.15, 0.2) is 24.5 Å². The number of nitrogens with zero attached hydrogens (tertiary/aromatic N) is 6. The fourth-order valence-electron chi connectivity index (χ4n) is 3.03. The highest BCUT2D eigenvalue weighted by molar-refractivity contribution is 5.71. The molecule has 4 heterocycles. The Morgan fingerprint density at radius 3 is 2.87 bits per heavy atom. The summed E-state index contributed by atoms with van der Waals surface area (Å²) in [5.74, 6) is 3.23. The van der Waals surface area contributed by atoms with Gasteiger partial charge >= 0.3 is 0 Å². The van der Waals surface area contributed by atoms with Gasteiger partial charge in [0.1, 0.15) is 17.2 Å². The Kier molecular flexibility index (Phi) is 3.40. The average Bonchev–Trinajstić information content (AvgIpc) is 3.16. The van der Waals surface area contributed by atoms with Crippen LogP contribution in [0.3, 0.4) is 0 Å². The molecule has 0 saturated carbocycles. The molecule has 0 fully saturated rings. The molecule has 0 spiro atoms. The van der Waals surface area contributed by atoms with E-state index in [1.807, 2.05) is 12.1 Å². The van der Waals surface area contributed by atoms with Gasteiger partial charge in [-0.25, -0.2) is 9.97 Å². The van der Waals surface area contributed by atoms with Gasteiger partial charge < -0.3 is 9.88 Å². The molecule has 1 aliphatic heterocycles. The van der Waals surface area contributed by atoms with Crippen molar-refractivity contribution in [3.05, 3.63) is 36.2 Å². The van der Waals surface area contributed by atoms with Crippen LogP contribution in [0.2, 0.25) is 0 Å². The Bertz CT molecular complexity index is 839. The van der Waals surface area contributed by atoms with Crippen molar-refractivity contribution in [2.45, 2.75) is 39.3 Å². The van der Waals surface area contributed by atoms with Crippen molar-refractivity contribution in [2.24, 2.45) is 5.92 Å². The number of aryl methyl sites for hydroxylation is 1. The maximum atomic E-state index is 4.56. The average molecular weight is 309 g/mol. The summed E-state index contributed by atoms with van der Waals surface area (Å²) in [5.41, 5.74) is 1.44. The largest absolute Gasteiger partial charge is 0.360 e. The van der Waals surface area contributed by atoms with Gasteiger partial charge in [0.2, 0.25) is 0 Å². The summed E-state index contributed by atoms with van der Waals surface area (Å²) >= 11 is 0. The molecule has 4 rings (SSSR count). The van der Waals surface area contributed by atoms with Crippen LogP contribution in [0.1, 0.15) is 38.0 Å². The molecular formula is C16H19N7. The molecule has 7 heteroatoms. The quantitative estimate of drug-likeness (QED) is 0.797. The number of aromatic nitrogens is 6. The first-order valence-corrected chi connectivity index (χ1v) is 7.98. The molecule has 3 aromatic rings. The van der Waals surface area contributed by atoms with Gasteiger partial charge in [0.15, 0.2) is 11.5 Å². The summed E-state index contributed by atoms with van der Waals surface area (Å²) < 4.78 is 2.23. The summed E-state index contributed by atoms with van der Waals surface area (Å²) in [6, 6.07) is 3.94. The molecular weight excluding hydrogens is 290 g/mol. The van der Waals surface area contributed by atoms with E-state index in [-0.39, 0.29) is 6.04 Å². The summed E-state index contributed by atoms with van der Waals surface area (Å²) in [6.45, 7) is 5.35. The van der Waals surface area contributed by atoms with Gasteiger partial charge in [-0.15, -0.1) is 10.2 Å². The zero-order valence-corrected chi connectivity index (χ0v) is 13.3. The monoisotopic (exact) mass is 309 g/mol. The number of hydrogen-bond donors (Lipinski definition) is 1. The molecule has 23 heavy (non-hydrogen) atoms. The van der Waals surface area contributed by atoms with E-state index in [1.165, 1.54) is 0 Å². The molecule has 0 bridgehead atoms. The van der Waals surface area contributed by atoms with Crippen LogP contribution in [-0.2, 0) is 13.0 Å². The molecule has 118 valence electrons. The number of fused-ring (bicyclic) bond motifs is 2. The number of anilines is 1. The topological polar surface area (TPSA) is 81.4 Å². The van der Waals surface area contributed by atoms with Crippen molar-refractivity contribution in [3.63, 3.8) is 0 Å². The molecule has 7 nitrogen and oxygen atoms in total. The van der Waals surface area contributed by atoms with Crippen LogP contribution in [-0.4, -0.2) is 29.7 Å². The Morgan fingerprint density at radius 2 is 2.00 bits per heavy atom. The fourth-order valence-corrected chi connectivity index (χ4v) is 3.03. The first-order valence-electron chi connectivity index (χ1n) is 7.98. The third-order valence-corrected chi connectivity index (χ3v) is 4.22. The molecule has 0 radical (unpaired) electrons. The predicted octanol–water partition coefficient (Wildman–Crippen LogP) is 2.37. The van der Waals surface area contributed by atoms with E-state index in [4.69, 9.17) is 0 Å². The molecule has 0 unspecified atom stereocenters. The summed E-state index contributed by atoms with van der Waals surface area (Å²) in [6.07, 6.45) is 5.49. The lowest BCUT2D eigenvalue weighted by Crippen LogP contribution is -2.21. The molecule has 3 aromatic heterocycles. The predicted molar refractivity (Wildman–Crippen MR) is 86.9 cm³/mol. The van der Waals surface area contributed by atoms with Crippen molar-refractivity contribution in [3.8, 4) is 0 Å². The lowest BCUT2D eigenvalue weighted by Gasteiger charge is -2.22. The first kappa shape index (κ1) is 14.0. The summed E-state index contributed by atoms with van der Waals surface area (Å²) in [5, 5.41) is 12.2. The van der Waals surface area contributed by atoms with Crippen LogP contribution in [0.5, 0.6) is 0 Å². The molecule has 1 atom stereocenters. The molecule has 0 saturated heterocycles. The Labute approximate surface area is 134 Å².